The van der Waals surface area contributed by atoms with Crippen LogP contribution in [0, 0.1) is 25.2 Å². The highest BCUT2D eigenvalue weighted by Gasteiger charge is 2.17. The average molecular weight is 294 g/mol. The molecule has 2 aromatic carbocycles. The Bertz CT molecular complexity index is 712. The Morgan fingerprint density at radius 3 is 2.45 bits per heavy atom. The lowest BCUT2D eigenvalue weighted by molar-refractivity contribution is -0.122. The van der Waals surface area contributed by atoms with Crippen molar-refractivity contribution < 1.29 is 9.53 Å². The quantitative estimate of drug-likeness (QED) is 0.937. The number of benzene rings is 2. The molecule has 0 unspecified atom stereocenters. The molecule has 0 saturated carbocycles. The third-order valence-corrected chi connectivity index (χ3v) is 3.33. The lowest BCUT2D eigenvalue weighted by Crippen LogP contribution is -2.30. The van der Waals surface area contributed by atoms with Gasteiger partial charge in [0.1, 0.15) is 5.75 Å². The van der Waals surface area contributed by atoms with E-state index in [1.165, 1.54) is 0 Å². The lowest BCUT2D eigenvalue weighted by atomic mass is 10.1. The Morgan fingerprint density at radius 2 is 1.82 bits per heavy atom. The van der Waals surface area contributed by atoms with Crippen LogP contribution in [0.5, 0.6) is 5.75 Å². The normalized spacial score (nSPS) is 11.4. The Labute approximate surface area is 130 Å². The zero-order valence-corrected chi connectivity index (χ0v) is 12.9. The number of aryl methyl sites for hydroxylation is 2. The number of carbonyl (C=O) groups is 1. The molecule has 0 aliphatic carbocycles. The van der Waals surface area contributed by atoms with Crippen molar-refractivity contribution in [3.05, 3.63) is 59.2 Å². The maximum Gasteiger partial charge on any atom is 0.265 e. The van der Waals surface area contributed by atoms with E-state index in [0.717, 1.165) is 16.9 Å². The van der Waals surface area contributed by atoms with E-state index in [1.54, 1.807) is 31.2 Å². The molecule has 0 fully saturated rings. The van der Waals surface area contributed by atoms with Crippen LogP contribution in [0.15, 0.2) is 42.5 Å². The van der Waals surface area contributed by atoms with Crippen molar-refractivity contribution in [1.29, 1.82) is 5.26 Å². The van der Waals surface area contributed by atoms with E-state index in [9.17, 15) is 4.79 Å². The van der Waals surface area contributed by atoms with Crippen LogP contribution < -0.4 is 10.1 Å². The molecule has 0 bridgehead atoms. The summed E-state index contributed by atoms with van der Waals surface area (Å²) in [7, 11) is 0. The summed E-state index contributed by atoms with van der Waals surface area (Å²) in [5.74, 6) is 0.480. The minimum atomic E-state index is -0.634. The summed E-state index contributed by atoms with van der Waals surface area (Å²) in [4.78, 5) is 12.2. The van der Waals surface area contributed by atoms with Gasteiger partial charge in [-0.2, -0.15) is 5.26 Å². The molecule has 0 aliphatic rings. The fourth-order valence-corrected chi connectivity index (χ4v) is 2.13. The van der Waals surface area contributed by atoms with Gasteiger partial charge in [0.05, 0.1) is 11.6 Å². The number of hydrogen-bond acceptors (Lipinski definition) is 3. The maximum atomic E-state index is 12.2. The van der Waals surface area contributed by atoms with Crippen LogP contribution in [0.2, 0.25) is 0 Å². The number of hydrogen-bond donors (Lipinski definition) is 1. The second-order valence-corrected chi connectivity index (χ2v) is 5.16. The minimum Gasteiger partial charge on any atom is -0.480 e. The van der Waals surface area contributed by atoms with E-state index < -0.39 is 6.10 Å². The van der Waals surface area contributed by atoms with Crippen molar-refractivity contribution in [2.75, 3.05) is 5.32 Å². The van der Waals surface area contributed by atoms with E-state index >= 15 is 0 Å². The average Bonchev–Trinajstić information content (AvgIpc) is 2.51. The number of nitrogens with zero attached hydrogens (tertiary/aromatic N) is 1. The highest BCUT2D eigenvalue weighted by atomic mass is 16.5. The van der Waals surface area contributed by atoms with Gasteiger partial charge in [0.25, 0.3) is 5.91 Å². The van der Waals surface area contributed by atoms with Crippen molar-refractivity contribution in [3.63, 3.8) is 0 Å². The highest BCUT2D eigenvalue weighted by Crippen LogP contribution is 2.23. The molecule has 0 aliphatic heterocycles. The van der Waals surface area contributed by atoms with Crippen LogP contribution in [-0.2, 0) is 4.79 Å². The first-order chi connectivity index (χ1) is 10.5. The molecular formula is C18H18N2O2. The molecule has 4 heteroatoms. The van der Waals surface area contributed by atoms with Gasteiger partial charge in [-0.1, -0.05) is 24.3 Å². The summed E-state index contributed by atoms with van der Waals surface area (Å²) >= 11 is 0. The van der Waals surface area contributed by atoms with Crippen LogP contribution in [-0.4, -0.2) is 12.0 Å². The minimum absolute atomic E-state index is 0.252. The highest BCUT2D eigenvalue weighted by molar-refractivity contribution is 5.94. The largest absolute Gasteiger partial charge is 0.480 e. The second kappa shape index (κ2) is 6.77. The predicted octanol–water partition coefficient (Wildman–Crippen LogP) is 3.58. The van der Waals surface area contributed by atoms with Crippen molar-refractivity contribution in [2.24, 2.45) is 0 Å². The monoisotopic (exact) mass is 294 g/mol. The van der Waals surface area contributed by atoms with Crippen molar-refractivity contribution in [3.8, 4) is 11.8 Å². The van der Waals surface area contributed by atoms with Gasteiger partial charge >= 0.3 is 0 Å². The van der Waals surface area contributed by atoms with Crippen molar-refractivity contribution in [2.45, 2.75) is 26.9 Å². The van der Waals surface area contributed by atoms with E-state index in [0.29, 0.717) is 11.3 Å². The molecule has 4 nitrogen and oxygen atoms in total. The Kier molecular flexibility index (Phi) is 4.80. The maximum absolute atomic E-state index is 12.2. The number of carbonyl (C=O) groups excluding carboxylic acids is 1. The number of nitrogens with one attached hydrogen (secondary N) is 1. The molecule has 0 spiro atoms. The molecule has 0 saturated heterocycles. The smallest absolute Gasteiger partial charge is 0.265 e. The van der Waals surface area contributed by atoms with E-state index in [1.807, 2.05) is 38.1 Å². The van der Waals surface area contributed by atoms with Crippen LogP contribution >= 0.6 is 0 Å². The number of para-hydroxylation sites is 1. The SMILES string of the molecule is Cc1cccc(C)c1O[C@@H](C)C(=O)Nc1cccc(C#N)c1. The summed E-state index contributed by atoms with van der Waals surface area (Å²) in [6.45, 7) is 5.60. The van der Waals surface area contributed by atoms with E-state index in [2.05, 4.69) is 5.32 Å². The van der Waals surface area contributed by atoms with Crippen LogP contribution in [0.1, 0.15) is 23.6 Å². The van der Waals surface area contributed by atoms with Crippen LogP contribution in [0.25, 0.3) is 0 Å². The second-order valence-electron chi connectivity index (χ2n) is 5.16. The van der Waals surface area contributed by atoms with Gasteiger partial charge in [-0.05, 0) is 50.1 Å². The Balaban J connectivity index is 2.08. The molecule has 2 aromatic rings. The van der Waals surface area contributed by atoms with Gasteiger partial charge in [0, 0.05) is 5.69 Å². The zero-order valence-electron chi connectivity index (χ0n) is 12.9. The lowest BCUT2D eigenvalue weighted by Gasteiger charge is -2.18. The Hall–Kier alpha value is -2.80. The van der Waals surface area contributed by atoms with Crippen LogP contribution in [0.4, 0.5) is 5.69 Å². The van der Waals surface area contributed by atoms with Crippen LogP contribution in [0.3, 0.4) is 0 Å². The summed E-state index contributed by atoms with van der Waals surface area (Å²) in [5, 5.41) is 11.6. The van der Waals surface area contributed by atoms with Gasteiger partial charge < -0.3 is 10.1 Å². The van der Waals surface area contributed by atoms with E-state index in [-0.39, 0.29) is 5.91 Å². The van der Waals surface area contributed by atoms with Gasteiger partial charge in [-0.3, -0.25) is 4.79 Å². The summed E-state index contributed by atoms with van der Waals surface area (Å²) in [6.07, 6.45) is -0.634. The molecule has 0 radical (unpaired) electrons. The van der Waals surface area contributed by atoms with Crippen molar-refractivity contribution >= 4 is 11.6 Å². The number of ether oxygens (including phenoxy) is 1. The first-order valence-electron chi connectivity index (χ1n) is 7.05. The fraction of sp³-hybridized carbons (Fsp3) is 0.222. The number of nitriles is 1. The number of rotatable bonds is 4. The fourth-order valence-electron chi connectivity index (χ4n) is 2.13. The standard InChI is InChI=1S/C18H18N2O2/c1-12-6-4-7-13(2)17(12)22-14(3)18(21)20-16-9-5-8-15(10-16)11-19/h4-10,14H,1-3H3,(H,20,21)/t14-/m0/s1. The molecule has 2 rings (SSSR count). The van der Waals surface area contributed by atoms with Crippen molar-refractivity contribution in [1.82, 2.24) is 0 Å². The van der Waals surface area contributed by atoms with Gasteiger partial charge in [0.2, 0.25) is 0 Å². The van der Waals surface area contributed by atoms with Gasteiger partial charge in [0.15, 0.2) is 6.10 Å². The third kappa shape index (κ3) is 3.64. The predicted molar refractivity (Wildman–Crippen MR) is 85.8 cm³/mol. The summed E-state index contributed by atoms with van der Waals surface area (Å²) < 4.78 is 5.79. The molecule has 112 valence electrons. The number of anilines is 1. The van der Waals surface area contributed by atoms with Gasteiger partial charge in [-0.15, -0.1) is 0 Å². The third-order valence-electron chi connectivity index (χ3n) is 3.33. The molecule has 1 amide bonds. The summed E-state index contributed by atoms with van der Waals surface area (Å²) in [5.41, 5.74) is 3.07. The molecular weight excluding hydrogens is 276 g/mol. The zero-order chi connectivity index (χ0) is 16.1. The van der Waals surface area contributed by atoms with Gasteiger partial charge in [-0.25, -0.2) is 0 Å². The molecule has 0 heterocycles. The molecule has 0 aromatic heterocycles. The summed E-state index contributed by atoms with van der Waals surface area (Å²) in [6, 6.07) is 14.7. The first kappa shape index (κ1) is 15.6. The Morgan fingerprint density at radius 1 is 1.18 bits per heavy atom. The van der Waals surface area contributed by atoms with E-state index in [4.69, 9.17) is 10.00 Å². The molecule has 1 atom stereocenters. The molecule has 1 N–H and O–H groups in total. The number of amides is 1. The molecule has 22 heavy (non-hydrogen) atoms. The first-order valence-corrected chi connectivity index (χ1v) is 7.05. The topological polar surface area (TPSA) is 62.1 Å².